The number of piperazine rings is 1. The molecule has 0 aliphatic carbocycles. The maximum atomic E-state index is 12.6. The van der Waals surface area contributed by atoms with Crippen molar-refractivity contribution in [3.05, 3.63) is 57.2 Å². The lowest BCUT2D eigenvalue weighted by Crippen LogP contribution is -2.48. The number of hydrogen-bond acceptors (Lipinski definition) is 5. The maximum Gasteiger partial charge on any atom is 0.246 e. The molecular weight excluding hydrogens is 427 g/mol. The third-order valence-electron chi connectivity index (χ3n) is 4.97. The molecule has 0 atom stereocenters. The standard InChI is InChI=1S/C21H20Cl2N4OS/c1-2-16-12-17-20(24-13-25-21(17)29-16)27-9-7-26(8-10-27)19(28)6-4-14-3-5-15(22)11-18(14)23/h3-6,11-13H,2,7-10H2,1H3/b6-4+. The number of amides is 1. The van der Waals surface area contributed by atoms with Gasteiger partial charge in [-0.1, -0.05) is 36.2 Å². The first-order chi connectivity index (χ1) is 14.0. The first-order valence-electron chi connectivity index (χ1n) is 9.45. The van der Waals surface area contributed by atoms with E-state index in [-0.39, 0.29) is 5.91 Å². The van der Waals surface area contributed by atoms with E-state index in [1.54, 1.807) is 48.0 Å². The zero-order valence-corrected chi connectivity index (χ0v) is 18.3. The summed E-state index contributed by atoms with van der Waals surface area (Å²) in [5.41, 5.74) is 0.774. The van der Waals surface area contributed by atoms with Crippen LogP contribution >= 0.6 is 34.5 Å². The number of halogens is 2. The van der Waals surface area contributed by atoms with Gasteiger partial charge in [-0.25, -0.2) is 9.97 Å². The first kappa shape index (κ1) is 20.1. The smallest absolute Gasteiger partial charge is 0.246 e. The van der Waals surface area contributed by atoms with Gasteiger partial charge in [0.05, 0.1) is 5.39 Å². The van der Waals surface area contributed by atoms with Crippen molar-refractivity contribution in [1.29, 1.82) is 0 Å². The number of hydrogen-bond donors (Lipinski definition) is 0. The average molecular weight is 447 g/mol. The third kappa shape index (κ3) is 4.39. The van der Waals surface area contributed by atoms with Gasteiger partial charge in [-0.15, -0.1) is 11.3 Å². The molecule has 0 radical (unpaired) electrons. The largest absolute Gasteiger partial charge is 0.352 e. The van der Waals surface area contributed by atoms with E-state index < -0.39 is 0 Å². The van der Waals surface area contributed by atoms with Crippen LogP contribution in [0.25, 0.3) is 16.3 Å². The number of carbonyl (C=O) groups excluding carboxylic acids is 1. The Bertz CT molecular complexity index is 1070. The summed E-state index contributed by atoms with van der Waals surface area (Å²) in [6.45, 7) is 4.92. The number of benzene rings is 1. The van der Waals surface area contributed by atoms with Crippen molar-refractivity contribution in [3.8, 4) is 0 Å². The van der Waals surface area contributed by atoms with Gasteiger partial charge in [0.15, 0.2) is 0 Å². The number of fused-ring (bicyclic) bond motifs is 1. The van der Waals surface area contributed by atoms with E-state index in [2.05, 4.69) is 27.9 Å². The van der Waals surface area contributed by atoms with Crippen LogP contribution in [-0.4, -0.2) is 47.0 Å². The SMILES string of the molecule is CCc1cc2c(N3CCN(C(=O)/C=C/c4ccc(Cl)cc4Cl)CC3)ncnc2s1. The summed E-state index contributed by atoms with van der Waals surface area (Å²) in [7, 11) is 0. The predicted molar refractivity (Wildman–Crippen MR) is 121 cm³/mol. The Morgan fingerprint density at radius 1 is 1.17 bits per heavy atom. The summed E-state index contributed by atoms with van der Waals surface area (Å²) in [6, 6.07) is 7.42. The molecule has 1 amide bonds. The van der Waals surface area contributed by atoms with Gasteiger partial charge in [-0.2, -0.15) is 0 Å². The molecule has 1 fully saturated rings. The van der Waals surface area contributed by atoms with Gasteiger partial charge in [0.1, 0.15) is 17.0 Å². The number of rotatable bonds is 4. The fourth-order valence-electron chi connectivity index (χ4n) is 3.36. The highest BCUT2D eigenvalue weighted by atomic mass is 35.5. The van der Waals surface area contributed by atoms with Crippen LogP contribution in [0.15, 0.2) is 36.7 Å². The lowest BCUT2D eigenvalue weighted by Gasteiger charge is -2.35. The predicted octanol–water partition coefficient (Wildman–Crippen LogP) is 4.92. The molecule has 0 bridgehead atoms. The monoisotopic (exact) mass is 446 g/mol. The summed E-state index contributed by atoms with van der Waals surface area (Å²) in [5.74, 6) is 0.939. The van der Waals surface area contributed by atoms with Crippen molar-refractivity contribution >= 4 is 62.6 Å². The fourth-order valence-corrected chi connectivity index (χ4v) is 4.76. The van der Waals surface area contributed by atoms with E-state index in [4.69, 9.17) is 23.2 Å². The number of aromatic nitrogens is 2. The van der Waals surface area contributed by atoms with Crippen LogP contribution in [0.3, 0.4) is 0 Å². The Labute approximate surface area is 183 Å². The molecule has 0 N–H and O–H groups in total. The molecule has 8 heteroatoms. The molecule has 3 heterocycles. The van der Waals surface area contributed by atoms with E-state index >= 15 is 0 Å². The normalized spacial score (nSPS) is 14.9. The summed E-state index contributed by atoms with van der Waals surface area (Å²) >= 11 is 13.8. The van der Waals surface area contributed by atoms with Crippen molar-refractivity contribution in [3.63, 3.8) is 0 Å². The van der Waals surface area contributed by atoms with Crippen LogP contribution in [0.2, 0.25) is 10.0 Å². The van der Waals surface area contributed by atoms with Crippen LogP contribution < -0.4 is 4.90 Å². The maximum absolute atomic E-state index is 12.6. The zero-order valence-electron chi connectivity index (χ0n) is 15.9. The van der Waals surface area contributed by atoms with Crippen LogP contribution in [0.1, 0.15) is 17.4 Å². The van der Waals surface area contributed by atoms with E-state index in [0.717, 1.165) is 41.1 Å². The molecule has 5 nitrogen and oxygen atoms in total. The summed E-state index contributed by atoms with van der Waals surface area (Å²) in [4.78, 5) is 27.9. The van der Waals surface area contributed by atoms with Crippen molar-refractivity contribution < 1.29 is 4.79 Å². The molecule has 1 aromatic carbocycles. The minimum atomic E-state index is -0.0210. The molecule has 150 valence electrons. The highest BCUT2D eigenvalue weighted by molar-refractivity contribution is 7.18. The zero-order chi connectivity index (χ0) is 20.4. The topological polar surface area (TPSA) is 49.3 Å². The molecule has 0 unspecified atom stereocenters. The minimum Gasteiger partial charge on any atom is -0.352 e. The van der Waals surface area contributed by atoms with E-state index in [1.807, 2.05) is 4.90 Å². The Morgan fingerprint density at radius 2 is 1.97 bits per heavy atom. The van der Waals surface area contributed by atoms with E-state index in [1.165, 1.54) is 4.88 Å². The average Bonchev–Trinajstić information content (AvgIpc) is 3.16. The summed E-state index contributed by atoms with van der Waals surface area (Å²) in [6.07, 6.45) is 5.93. The molecule has 1 saturated heterocycles. The minimum absolute atomic E-state index is 0.0210. The van der Waals surface area contributed by atoms with Crippen LogP contribution in [0, 0.1) is 0 Å². The lowest BCUT2D eigenvalue weighted by molar-refractivity contribution is -0.126. The summed E-state index contributed by atoms with van der Waals surface area (Å²) < 4.78 is 0. The van der Waals surface area contributed by atoms with E-state index in [9.17, 15) is 4.79 Å². The summed E-state index contributed by atoms with van der Waals surface area (Å²) in [5, 5.41) is 2.21. The molecule has 3 aromatic rings. The number of anilines is 1. The quantitative estimate of drug-likeness (QED) is 0.533. The van der Waals surface area contributed by atoms with Crippen LogP contribution in [0.4, 0.5) is 5.82 Å². The van der Waals surface area contributed by atoms with Crippen molar-refractivity contribution in [1.82, 2.24) is 14.9 Å². The second-order valence-corrected chi connectivity index (χ2v) is 8.75. The fraction of sp³-hybridized carbons (Fsp3) is 0.286. The van der Waals surface area contributed by atoms with Crippen LogP contribution in [-0.2, 0) is 11.2 Å². The number of carbonyl (C=O) groups is 1. The molecule has 1 aliphatic heterocycles. The van der Waals surface area contributed by atoms with Gasteiger partial charge in [-0.3, -0.25) is 4.79 Å². The molecule has 0 saturated carbocycles. The van der Waals surface area contributed by atoms with Gasteiger partial charge in [0.2, 0.25) is 5.91 Å². The molecule has 0 spiro atoms. The third-order valence-corrected chi connectivity index (χ3v) is 6.72. The van der Waals surface area contributed by atoms with Gasteiger partial charge < -0.3 is 9.80 Å². The number of aryl methyl sites for hydroxylation is 1. The first-order valence-corrected chi connectivity index (χ1v) is 11.0. The molecule has 4 rings (SSSR count). The Morgan fingerprint density at radius 3 is 2.69 bits per heavy atom. The Hall–Kier alpha value is -2.15. The van der Waals surface area contributed by atoms with Gasteiger partial charge in [0, 0.05) is 47.2 Å². The van der Waals surface area contributed by atoms with Gasteiger partial charge in [0.25, 0.3) is 0 Å². The molecular formula is C21H20Cl2N4OS. The van der Waals surface area contributed by atoms with E-state index in [0.29, 0.717) is 23.1 Å². The number of thiophene rings is 1. The van der Waals surface area contributed by atoms with Crippen molar-refractivity contribution in [2.24, 2.45) is 0 Å². The van der Waals surface area contributed by atoms with Gasteiger partial charge >= 0.3 is 0 Å². The second-order valence-electron chi connectivity index (χ2n) is 6.79. The van der Waals surface area contributed by atoms with Crippen LogP contribution in [0.5, 0.6) is 0 Å². The lowest BCUT2D eigenvalue weighted by atomic mass is 10.2. The van der Waals surface area contributed by atoms with Crippen molar-refractivity contribution in [2.45, 2.75) is 13.3 Å². The molecule has 1 aliphatic rings. The highest BCUT2D eigenvalue weighted by Crippen LogP contribution is 2.31. The van der Waals surface area contributed by atoms with Crippen molar-refractivity contribution in [2.75, 3.05) is 31.1 Å². The number of nitrogens with zero attached hydrogens (tertiary/aromatic N) is 4. The molecule has 2 aromatic heterocycles. The second kappa shape index (κ2) is 8.69. The molecule has 29 heavy (non-hydrogen) atoms. The Kier molecular flexibility index (Phi) is 6.04. The highest BCUT2D eigenvalue weighted by Gasteiger charge is 2.22. The Balaban J connectivity index is 1.42. The van der Waals surface area contributed by atoms with Gasteiger partial charge in [-0.05, 0) is 36.3 Å².